The molecule has 8 aromatic carbocycles. The lowest BCUT2D eigenvalue weighted by Gasteiger charge is -2.31. The summed E-state index contributed by atoms with van der Waals surface area (Å²) in [6, 6.07) is 53.2. The van der Waals surface area contributed by atoms with E-state index in [1.54, 1.807) is 14.2 Å². The van der Waals surface area contributed by atoms with Crippen LogP contribution in [0.3, 0.4) is 0 Å². The maximum atomic E-state index is 6.97. The SMILES string of the molecule is COCOc1c(-c2ccccc2-c2ccc3ccccc3c2)cc2c(c1-c1c3c(cc(-c4ccccc4-c4ccc5ccccc5c4)c1OCOC)CCCC3)CCCC2. The Bertz CT molecular complexity index is 2670. The molecule has 0 atom stereocenters. The van der Waals surface area contributed by atoms with Crippen LogP contribution in [0.15, 0.2) is 146 Å². The molecule has 2 aliphatic carbocycles. The van der Waals surface area contributed by atoms with Crippen molar-refractivity contribution in [2.45, 2.75) is 51.4 Å². The molecule has 0 bridgehead atoms. The third kappa shape index (κ3) is 7.04. The van der Waals surface area contributed by atoms with Crippen molar-refractivity contribution in [1.82, 2.24) is 0 Å². The molecule has 0 saturated carbocycles. The minimum absolute atomic E-state index is 0.123. The lowest BCUT2D eigenvalue weighted by atomic mass is 9.76. The Morgan fingerprint density at radius 2 is 0.750 bits per heavy atom. The molecule has 298 valence electrons. The van der Waals surface area contributed by atoms with Gasteiger partial charge in [0.1, 0.15) is 11.5 Å². The fourth-order valence-electron chi connectivity index (χ4n) is 9.89. The summed E-state index contributed by atoms with van der Waals surface area (Å²) in [6.45, 7) is 0.246. The van der Waals surface area contributed by atoms with E-state index in [0.29, 0.717) is 0 Å². The molecule has 8 aromatic rings. The highest BCUT2D eigenvalue weighted by atomic mass is 16.7. The first-order chi connectivity index (χ1) is 29.7. The number of hydrogen-bond donors (Lipinski definition) is 0. The first kappa shape index (κ1) is 38.0. The Morgan fingerprint density at radius 1 is 0.367 bits per heavy atom. The number of ether oxygens (including phenoxy) is 4. The van der Waals surface area contributed by atoms with Crippen molar-refractivity contribution >= 4 is 21.5 Å². The number of benzene rings is 8. The first-order valence-corrected chi connectivity index (χ1v) is 21.5. The zero-order chi connectivity index (χ0) is 40.4. The standard InChI is InChI=1S/C56H50O4/c1-57-35-59-55-51(49-25-13-11-21-45(49)43-29-27-37-15-3-5-17-39(37)31-43)33-41-19-7-9-23-47(41)53(55)54-48-24-10-8-20-42(48)34-52(56(54)60-36-58-2)50-26-14-12-22-46(50)44-30-28-38-16-4-6-18-40(38)32-44/h3-6,11-18,21-22,25-34H,7-10,19-20,23-24,35-36H2,1-2H3. The van der Waals surface area contributed by atoms with Crippen LogP contribution >= 0.6 is 0 Å². The number of aryl methyl sites for hydroxylation is 2. The first-order valence-electron chi connectivity index (χ1n) is 21.5. The maximum Gasteiger partial charge on any atom is 0.188 e. The predicted octanol–water partition coefficient (Wildman–Crippen LogP) is 14.1. The number of fused-ring (bicyclic) bond motifs is 4. The van der Waals surface area contributed by atoms with Crippen LogP contribution in [0.4, 0.5) is 0 Å². The maximum absolute atomic E-state index is 6.97. The Hall–Kier alpha value is -6.20. The molecule has 10 rings (SSSR count). The minimum Gasteiger partial charge on any atom is -0.466 e. The molecule has 60 heavy (non-hydrogen) atoms. The zero-order valence-electron chi connectivity index (χ0n) is 34.6. The number of rotatable bonds is 11. The van der Waals surface area contributed by atoms with E-state index >= 15 is 0 Å². The molecule has 0 saturated heterocycles. The summed E-state index contributed by atoms with van der Waals surface area (Å²) in [7, 11) is 3.42. The van der Waals surface area contributed by atoms with Crippen LogP contribution in [0.5, 0.6) is 11.5 Å². The number of hydrogen-bond acceptors (Lipinski definition) is 4. The number of methoxy groups -OCH3 is 2. The van der Waals surface area contributed by atoms with Gasteiger partial charge in [-0.3, -0.25) is 0 Å². The van der Waals surface area contributed by atoms with Crippen LogP contribution in [0.2, 0.25) is 0 Å². The van der Waals surface area contributed by atoms with Crippen molar-refractivity contribution in [3.05, 3.63) is 168 Å². The molecule has 0 heterocycles. The average molecular weight is 787 g/mol. The summed E-state index contributed by atoms with van der Waals surface area (Å²) in [5.74, 6) is 1.70. The van der Waals surface area contributed by atoms with Crippen LogP contribution in [0.25, 0.3) is 77.2 Å². The van der Waals surface area contributed by atoms with Gasteiger partial charge in [0.25, 0.3) is 0 Å². The van der Waals surface area contributed by atoms with Crippen molar-refractivity contribution in [2.24, 2.45) is 0 Å². The van der Waals surface area contributed by atoms with E-state index < -0.39 is 0 Å². The highest BCUT2D eigenvalue weighted by Gasteiger charge is 2.32. The van der Waals surface area contributed by atoms with Gasteiger partial charge in [-0.25, -0.2) is 0 Å². The van der Waals surface area contributed by atoms with E-state index in [1.807, 2.05) is 0 Å². The van der Waals surface area contributed by atoms with Gasteiger partial charge in [-0.05, 0) is 153 Å². The van der Waals surface area contributed by atoms with Crippen LogP contribution in [0, 0.1) is 0 Å². The van der Waals surface area contributed by atoms with Gasteiger partial charge in [0.05, 0.1) is 0 Å². The van der Waals surface area contributed by atoms with E-state index in [-0.39, 0.29) is 13.6 Å². The smallest absolute Gasteiger partial charge is 0.188 e. The van der Waals surface area contributed by atoms with E-state index in [2.05, 4.69) is 146 Å². The molecule has 0 radical (unpaired) electrons. The second-order valence-corrected chi connectivity index (χ2v) is 16.3. The van der Waals surface area contributed by atoms with Crippen molar-refractivity contribution in [3.63, 3.8) is 0 Å². The third-order valence-electron chi connectivity index (χ3n) is 12.7. The lowest BCUT2D eigenvalue weighted by Crippen LogP contribution is -2.14. The Morgan fingerprint density at radius 3 is 1.18 bits per heavy atom. The molecule has 2 aliphatic rings. The highest BCUT2D eigenvalue weighted by molar-refractivity contribution is 6.00. The molecule has 4 heteroatoms. The monoisotopic (exact) mass is 786 g/mol. The highest BCUT2D eigenvalue weighted by Crippen LogP contribution is 2.55. The summed E-state index contributed by atoms with van der Waals surface area (Å²) in [6.07, 6.45) is 8.52. The summed E-state index contributed by atoms with van der Waals surface area (Å²) >= 11 is 0. The van der Waals surface area contributed by atoms with Gasteiger partial charge in [-0.2, -0.15) is 0 Å². The molecule has 0 aliphatic heterocycles. The van der Waals surface area contributed by atoms with Crippen LogP contribution < -0.4 is 9.47 Å². The molecule has 0 fully saturated rings. The quantitative estimate of drug-likeness (QED) is 0.122. The summed E-state index contributed by atoms with van der Waals surface area (Å²) in [5.41, 5.74) is 16.9. The van der Waals surface area contributed by atoms with Gasteiger partial charge in [0, 0.05) is 36.5 Å². The molecule has 0 N–H and O–H groups in total. The molecule has 0 unspecified atom stereocenters. The largest absolute Gasteiger partial charge is 0.466 e. The average Bonchev–Trinajstić information content (AvgIpc) is 3.31. The van der Waals surface area contributed by atoms with E-state index in [0.717, 1.165) is 96.2 Å². The van der Waals surface area contributed by atoms with Crippen molar-refractivity contribution < 1.29 is 18.9 Å². The Balaban J connectivity index is 1.27. The second-order valence-electron chi connectivity index (χ2n) is 16.3. The predicted molar refractivity (Wildman–Crippen MR) is 247 cm³/mol. The van der Waals surface area contributed by atoms with Crippen molar-refractivity contribution in [3.8, 4) is 67.1 Å². The van der Waals surface area contributed by atoms with Gasteiger partial charge in [-0.1, -0.05) is 121 Å². The minimum atomic E-state index is 0.123. The van der Waals surface area contributed by atoms with Crippen molar-refractivity contribution in [2.75, 3.05) is 27.8 Å². The molecule has 4 nitrogen and oxygen atoms in total. The Kier molecular flexibility index (Phi) is 10.7. The van der Waals surface area contributed by atoms with E-state index in [9.17, 15) is 0 Å². The van der Waals surface area contributed by atoms with Crippen LogP contribution in [-0.2, 0) is 35.2 Å². The fourth-order valence-corrected chi connectivity index (χ4v) is 9.89. The topological polar surface area (TPSA) is 36.9 Å². The van der Waals surface area contributed by atoms with E-state index in [1.165, 1.54) is 66.1 Å². The molecular weight excluding hydrogens is 737 g/mol. The third-order valence-corrected chi connectivity index (χ3v) is 12.7. The van der Waals surface area contributed by atoms with Crippen molar-refractivity contribution in [1.29, 1.82) is 0 Å². The van der Waals surface area contributed by atoms with Crippen LogP contribution in [0.1, 0.15) is 47.9 Å². The normalized spacial score (nSPS) is 13.6. The lowest BCUT2D eigenvalue weighted by molar-refractivity contribution is 0.0504. The summed E-state index contributed by atoms with van der Waals surface area (Å²) in [4.78, 5) is 0. The van der Waals surface area contributed by atoms with Gasteiger partial charge >= 0.3 is 0 Å². The van der Waals surface area contributed by atoms with Gasteiger partial charge in [0.2, 0.25) is 0 Å². The van der Waals surface area contributed by atoms with E-state index in [4.69, 9.17) is 18.9 Å². The molecule has 0 aromatic heterocycles. The molecule has 0 amide bonds. The van der Waals surface area contributed by atoms with Gasteiger partial charge < -0.3 is 18.9 Å². The molecule has 0 spiro atoms. The molecular formula is C56H50O4. The van der Waals surface area contributed by atoms with Crippen LogP contribution in [-0.4, -0.2) is 27.8 Å². The van der Waals surface area contributed by atoms with Gasteiger partial charge in [0.15, 0.2) is 13.6 Å². The summed E-state index contributed by atoms with van der Waals surface area (Å²) < 4.78 is 25.5. The second kappa shape index (κ2) is 16.8. The summed E-state index contributed by atoms with van der Waals surface area (Å²) in [5, 5.41) is 4.90. The van der Waals surface area contributed by atoms with Gasteiger partial charge in [-0.15, -0.1) is 0 Å². The fraction of sp³-hybridized carbons (Fsp3) is 0.214. The zero-order valence-corrected chi connectivity index (χ0v) is 34.6. The Labute approximate surface area is 353 Å².